The van der Waals surface area contributed by atoms with Crippen LogP contribution in [0.4, 0.5) is 0 Å². The molecule has 0 bridgehead atoms. The molecule has 1 saturated carbocycles. The average molecular weight is 292 g/mol. The molecular weight excluding hydrogens is 264 g/mol. The highest BCUT2D eigenvalue weighted by molar-refractivity contribution is 7.10. The molecular formula is C17H28N2S. The van der Waals surface area contributed by atoms with Gasteiger partial charge in [-0.3, -0.25) is 4.90 Å². The first kappa shape index (κ1) is 14.6. The number of nitrogens with one attached hydrogen (secondary N) is 1. The second-order valence-electron chi connectivity index (χ2n) is 6.49. The Morgan fingerprint density at radius 3 is 2.70 bits per heavy atom. The quantitative estimate of drug-likeness (QED) is 0.819. The van der Waals surface area contributed by atoms with Crippen molar-refractivity contribution in [1.29, 1.82) is 0 Å². The number of hydrogen-bond donors (Lipinski definition) is 1. The topological polar surface area (TPSA) is 15.3 Å². The largest absolute Gasteiger partial charge is 0.317 e. The molecule has 3 heteroatoms. The van der Waals surface area contributed by atoms with Crippen molar-refractivity contribution in [2.24, 2.45) is 11.8 Å². The predicted molar refractivity (Wildman–Crippen MR) is 87.2 cm³/mol. The number of nitrogens with zero attached hydrogens (tertiary/aromatic N) is 1. The molecule has 1 aromatic rings. The summed E-state index contributed by atoms with van der Waals surface area (Å²) in [6.07, 6.45) is 6.88. The van der Waals surface area contributed by atoms with E-state index >= 15 is 0 Å². The lowest BCUT2D eigenvalue weighted by Gasteiger charge is -2.35. The first-order valence-electron chi connectivity index (χ1n) is 8.36. The summed E-state index contributed by atoms with van der Waals surface area (Å²) in [7, 11) is 0. The van der Waals surface area contributed by atoms with Crippen molar-refractivity contribution in [3.63, 3.8) is 0 Å². The maximum atomic E-state index is 3.50. The molecule has 2 aliphatic rings. The molecule has 3 rings (SSSR count). The van der Waals surface area contributed by atoms with Crippen molar-refractivity contribution >= 4 is 11.3 Å². The van der Waals surface area contributed by atoms with E-state index in [1.54, 1.807) is 4.88 Å². The SMILES string of the molecule is CCCN(CC1CCNCC1)C(c1cccs1)C1CC1. The maximum absolute atomic E-state index is 3.50. The molecule has 1 atom stereocenters. The smallest absolute Gasteiger partial charge is 0.0469 e. The molecule has 1 aliphatic heterocycles. The van der Waals surface area contributed by atoms with E-state index in [9.17, 15) is 0 Å². The van der Waals surface area contributed by atoms with Gasteiger partial charge in [0.25, 0.3) is 0 Å². The lowest BCUT2D eigenvalue weighted by Crippen LogP contribution is -2.39. The van der Waals surface area contributed by atoms with Gasteiger partial charge in [0.1, 0.15) is 0 Å². The van der Waals surface area contributed by atoms with Crippen LogP contribution in [-0.2, 0) is 0 Å². The van der Waals surface area contributed by atoms with Crippen LogP contribution in [0.5, 0.6) is 0 Å². The third-order valence-electron chi connectivity index (χ3n) is 4.76. The van der Waals surface area contributed by atoms with Gasteiger partial charge in [-0.15, -0.1) is 11.3 Å². The van der Waals surface area contributed by atoms with Crippen molar-refractivity contribution in [3.05, 3.63) is 22.4 Å². The molecule has 0 aromatic carbocycles. The van der Waals surface area contributed by atoms with Crippen LogP contribution in [0.15, 0.2) is 17.5 Å². The van der Waals surface area contributed by atoms with E-state index in [1.165, 1.54) is 58.3 Å². The molecule has 1 saturated heterocycles. The zero-order chi connectivity index (χ0) is 13.8. The molecule has 0 amide bonds. The summed E-state index contributed by atoms with van der Waals surface area (Å²) in [6, 6.07) is 5.30. The fourth-order valence-electron chi connectivity index (χ4n) is 3.61. The zero-order valence-electron chi connectivity index (χ0n) is 12.7. The highest BCUT2D eigenvalue weighted by atomic mass is 32.1. The van der Waals surface area contributed by atoms with E-state index in [0.29, 0.717) is 6.04 Å². The Balaban J connectivity index is 1.69. The molecule has 2 heterocycles. The standard InChI is InChI=1S/C17H28N2S/c1-2-11-19(13-14-7-9-18-10-8-14)17(15-5-6-15)16-4-3-12-20-16/h3-4,12,14-15,17-18H,2,5-11,13H2,1H3. The molecule has 1 unspecified atom stereocenters. The van der Waals surface area contributed by atoms with Gasteiger partial charge in [0.15, 0.2) is 0 Å². The molecule has 0 spiro atoms. The fourth-order valence-corrected chi connectivity index (χ4v) is 4.56. The average Bonchev–Trinajstić information content (AvgIpc) is 3.15. The van der Waals surface area contributed by atoms with Gasteiger partial charge < -0.3 is 5.32 Å². The summed E-state index contributed by atoms with van der Waals surface area (Å²) >= 11 is 1.96. The minimum Gasteiger partial charge on any atom is -0.317 e. The van der Waals surface area contributed by atoms with Gasteiger partial charge in [-0.1, -0.05) is 13.0 Å². The minimum atomic E-state index is 0.713. The number of hydrogen-bond acceptors (Lipinski definition) is 3. The van der Waals surface area contributed by atoms with E-state index in [-0.39, 0.29) is 0 Å². The van der Waals surface area contributed by atoms with Crippen LogP contribution in [0, 0.1) is 11.8 Å². The van der Waals surface area contributed by atoms with E-state index in [1.807, 2.05) is 11.3 Å². The van der Waals surface area contributed by atoms with Crippen LogP contribution in [0.3, 0.4) is 0 Å². The Hall–Kier alpha value is -0.380. The van der Waals surface area contributed by atoms with Gasteiger partial charge in [-0.05, 0) is 75.0 Å². The van der Waals surface area contributed by atoms with Gasteiger partial charge in [-0.25, -0.2) is 0 Å². The van der Waals surface area contributed by atoms with Gasteiger partial charge in [0.2, 0.25) is 0 Å². The lowest BCUT2D eigenvalue weighted by atomic mass is 9.96. The highest BCUT2D eigenvalue weighted by Crippen LogP contribution is 2.46. The summed E-state index contributed by atoms with van der Waals surface area (Å²) in [4.78, 5) is 4.43. The molecule has 112 valence electrons. The maximum Gasteiger partial charge on any atom is 0.0469 e. The lowest BCUT2D eigenvalue weighted by molar-refractivity contribution is 0.139. The third-order valence-corrected chi connectivity index (χ3v) is 5.70. The number of rotatable bonds is 7. The number of piperidine rings is 1. The van der Waals surface area contributed by atoms with Crippen LogP contribution in [0.2, 0.25) is 0 Å². The van der Waals surface area contributed by atoms with E-state index < -0.39 is 0 Å². The normalized spacial score (nSPS) is 22.3. The summed E-state index contributed by atoms with van der Waals surface area (Å²) < 4.78 is 0. The third kappa shape index (κ3) is 3.63. The van der Waals surface area contributed by atoms with Gasteiger partial charge >= 0.3 is 0 Å². The Bertz CT molecular complexity index is 380. The van der Waals surface area contributed by atoms with E-state index in [2.05, 4.69) is 34.7 Å². The predicted octanol–water partition coefficient (Wildman–Crippen LogP) is 3.91. The summed E-state index contributed by atoms with van der Waals surface area (Å²) in [6.45, 7) is 7.35. The minimum absolute atomic E-state index is 0.713. The van der Waals surface area contributed by atoms with Crippen molar-refractivity contribution in [2.75, 3.05) is 26.2 Å². The fraction of sp³-hybridized carbons (Fsp3) is 0.765. The van der Waals surface area contributed by atoms with E-state index in [4.69, 9.17) is 0 Å². The van der Waals surface area contributed by atoms with Crippen molar-refractivity contribution in [2.45, 2.75) is 45.1 Å². The molecule has 1 aromatic heterocycles. The van der Waals surface area contributed by atoms with Crippen LogP contribution < -0.4 is 5.32 Å². The molecule has 1 aliphatic carbocycles. The number of thiophene rings is 1. The van der Waals surface area contributed by atoms with E-state index in [0.717, 1.165) is 11.8 Å². The second kappa shape index (κ2) is 7.06. The first-order valence-corrected chi connectivity index (χ1v) is 9.24. The summed E-state index contributed by atoms with van der Waals surface area (Å²) in [5.74, 6) is 1.84. The molecule has 20 heavy (non-hydrogen) atoms. The molecule has 1 N–H and O–H groups in total. The summed E-state index contributed by atoms with van der Waals surface area (Å²) in [5, 5.41) is 5.74. The van der Waals surface area contributed by atoms with Gasteiger partial charge in [0, 0.05) is 17.5 Å². The van der Waals surface area contributed by atoms with Crippen molar-refractivity contribution in [1.82, 2.24) is 10.2 Å². The van der Waals surface area contributed by atoms with Crippen LogP contribution in [0.1, 0.15) is 49.9 Å². The summed E-state index contributed by atoms with van der Waals surface area (Å²) in [5.41, 5.74) is 0. The Labute approximate surface area is 127 Å². The monoisotopic (exact) mass is 292 g/mol. The molecule has 2 fully saturated rings. The van der Waals surface area contributed by atoms with Crippen LogP contribution >= 0.6 is 11.3 Å². The van der Waals surface area contributed by atoms with Crippen molar-refractivity contribution in [3.8, 4) is 0 Å². The molecule has 0 radical (unpaired) electrons. The Morgan fingerprint density at radius 1 is 1.30 bits per heavy atom. The Kier molecular flexibility index (Phi) is 5.14. The zero-order valence-corrected chi connectivity index (χ0v) is 13.5. The van der Waals surface area contributed by atoms with Gasteiger partial charge in [0.05, 0.1) is 0 Å². The highest BCUT2D eigenvalue weighted by Gasteiger charge is 2.37. The molecule has 2 nitrogen and oxygen atoms in total. The Morgan fingerprint density at radius 2 is 2.10 bits per heavy atom. The van der Waals surface area contributed by atoms with Crippen LogP contribution in [-0.4, -0.2) is 31.1 Å². The van der Waals surface area contributed by atoms with Gasteiger partial charge in [-0.2, -0.15) is 0 Å². The van der Waals surface area contributed by atoms with Crippen LogP contribution in [0.25, 0.3) is 0 Å². The first-order chi connectivity index (χ1) is 9.88. The van der Waals surface area contributed by atoms with Crippen molar-refractivity contribution < 1.29 is 0 Å². The second-order valence-corrected chi connectivity index (χ2v) is 7.47.